The van der Waals surface area contributed by atoms with Crippen molar-refractivity contribution in [1.82, 2.24) is 0 Å². The number of aliphatic hydroxyl groups excluding tert-OH is 3. The lowest BCUT2D eigenvalue weighted by Gasteiger charge is -2.38. The van der Waals surface area contributed by atoms with Gasteiger partial charge in [0.1, 0.15) is 24.9 Å². The zero-order chi connectivity index (χ0) is 42.5. The summed E-state index contributed by atoms with van der Waals surface area (Å²) in [4.78, 5) is 36.8. The first-order valence-electron chi connectivity index (χ1n) is 22.0. The maximum absolute atomic E-state index is 12.8. The fraction of sp³-hybridized carbons (Fsp3) is 0.681. The smallest absolute Gasteiger partial charge is 0.335 e. The SMILES string of the molecule is CC/C=C\C/C=C\C/C=C\CCCCCCCCCC(=O)OCC(COC1OC(C(=O)O)C(O)C(O)C1O)OC(=O)CCCCCCC/C=C\C/C=C\C/C=C\CC. The number of unbranched alkanes of at least 4 members (excludes halogenated alkanes) is 12. The van der Waals surface area contributed by atoms with Gasteiger partial charge in [0.05, 0.1) is 6.61 Å². The van der Waals surface area contributed by atoms with Gasteiger partial charge in [-0.25, -0.2) is 4.79 Å². The van der Waals surface area contributed by atoms with Crippen LogP contribution in [0.25, 0.3) is 0 Å². The second kappa shape index (κ2) is 36.7. The molecule has 1 fully saturated rings. The van der Waals surface area contributed by atoms with Crippen LogP contribution in [0.1, 0.15) is 155 Å². The molecule has 1 saturated heterocycles. The Labute approximate surface area is 348 Å². The quantitative estimate of drug-likeness (QED) is 0.0273. The molecule has 1 aliphatic heterocycles. The first-order chi connectivity index (χ1) is 28.2. The van der Waals surface area contributed by atoms with Gasteiger partial charge in [0, 0.05) is 12.8 Å². The molecule has 0 aromatic heterocycles. The van der Waals surface area contributed by atoms with Crippen LogP contribution in [-0.2, 0) is 33.3 Å². The van der Waals surface area contributed by atoms with Crippen molar-refractivity contribution in [3.8, 4) is 0 Å². The molecule has 0 aromatic carbocycles. The number of rotatable bonds is 35. The summed E-state index contributed by atoms with van der Waals surface area (Å²) in [6.45, 7) is 3.55. The Morgan fingerprint density at radius 1 is 0.534 bits per heavy atom. The molecule has 1 heterocycles. The highest BCUT2D eigenvalue weighted by atomic mass is 16.7. The lowest BCUT2D eigenvalue weighted by molar-refractivity contribution is -0.298. The second-order valence-corrected chi connectivity index (χ2v) is 14.8. The van der Waals surface area contributed by atoms with E-state index >= 15 is 0 Å². The lowest BCUT2D eigenvalue weighted by Crippen LogP contribution is -2.60. The molecule has 4 N–H and O–H groups in total. The third kappa shape index (κ3) is 28.1. The van der Waals surface area contributed by atoms with Crippen LogP contribution in [0.3, 0.4) is 0 Å². The van der Waals surface area contributed by atoms with Gasteiger partial charge in [0.15, 0.2) is 18.5 Å². The van der Waals surface area contributed by atoms with E-state index in [4.69, 9.17) is 18.9 Å². The molecular weight excluding hydrogens is 741 g/mol. The van der Waals surface area contributed by atoms with Crippen LogP contribution in [0, 0.1) is 0 Å². The molecule has 1 rings (SSSR count). The highest BCUT2D eigenvalue weighted by Crippen LogP contribution is 2.23. The minimum absolute atomic E-state index is 0.157. The summed E-state index contributed by atoms with van der Waals surface area (Å²) >= 11 is 0. The number of carboxylic acids is 1. The Bertz CT molecular complexity index is 1240. The van der Waals surface area contributed by atoms with Crippen molar-refractivity contribution in [3.63, 3.8) is 0 Å². The van der Waals surface area contributed by atoms with Crippen LogP contribution < -0.4 is 0 Å². The number of carboxylic acid groups (broad SMARTS) is 1. The van der Waals surface area contributed by atoms with Crippen LogP contribution in [0.2, 0.25) is 0 Å². The van der Waals surface area contributed by atoms with Crippen LogP contribution in [-0.4, -0.2) is 88.4 Å². The average Bonchev–Trinajstić information content (AvgIpc) is 3.21. The topological polar surface area (TPSA) is 169 Å². The van der Waals surface area contributed by atoms with Crippen molar-refractivity contribution < 1.29 is 53.8 Å². The minimum atomic E-state index is -1.87. The number of hydrogen-bond donors (Lipinski definition) is 4. The fourth-order valence-electron chi connectivity index (χ4n) is 6.14. The predicted molar refractivity (Wildman–Crippen MR) is 229 cm³/mol. The molecule has 11 heteroatoms. The monoisotopic (exact) mass is 817 g/mol. The Morgan fingerprint density at radius 3 is 1.45 bits per heavy atom. The molecule has 1 aliphatic rings. The number of esters is 2. The summed E-state index contributed by atoms with van der Waals surface area (Å²) in [6.07, 6.45) is 36.6. The molecule has 0 amide bonds. The van der Waals surface area contributed by atoms with E-state index in [2.05, 4.69) is 86.8 Å². The number of hydrogen-bond acceptors (Lipinski definition) is 10. The van der Waals surface area contributed by atoms with Crippen molar-refractivity contribution in [2.24, 2.45) is 0 Å². The number of carbonyl (C=O) groups is 3. The van der Waals surface area contributed by atoms with E-state index in [1.807, 2.05) is 0 Å². The zero-order valence-electron chi connectivity index (χ0n) is 35.5. The number of aliphatic hydroxyl groups is 3. The summed E-state index contributed by atoms with van der Waals surface area (Å²) in [7, 11) is 0. The van der Waals surface area contributed by atoms with E-state index in [1.165, 1.54) is 12.8 Å². The zero-order valence-corrected chi connectivity index (χ0v) is 35.5. The van der Waals surface area contributed by atoms with Gasteiger partial charge < -0.3 is 39.4 Å². The molecule has 0 aromatic rings. The van der Waals surface area contributed by atoms with Gasteiger partial charge >= 0.3 is 17.9 Å². The van der Waals surface area contributed by atoms with Crippen molar-refractivity contribution in [2.45, 2.75) is 192 Å². The highest BCUT2D eigenvalue weighted by molar-refractivity contribution is 5.73. The van der Waals surface area contributed by atoms with Gasteiger partial charge in [-0.05, 0) is 77.0 Å². The highest BCUT2D eigenvalue weighted by Gasteiger charge is 2.47. The minimum Gasteiger partial charge on any atom is -0.479 e. The standard InChI is InChI=1S/C47H76O11/c1-3-5-7-9-11-13-15-17-19-20-22-23-25-27-29-31-33-35-40(48)55-37-39(38-56-47-44(52)42(50)43(51)45(58-47)46(53)54)57-41(49)36-34-32-30-28-26-24-21-18-16-14-12-10-8-6-4-2/h5-8,11-14,17-19,21,39,42-45,47,50-52H,3-4,9-10,15-16,20,22-38H2,1-2H3,(H,53,54)/b7-5-,8-6-,13-11-,14-12-,19-17-,21-18-. The van der Waals surface area contributed by atoms with E-state index in [0.29, 0.717) is 12.8 Å². The summed E-state index contributed by atoms with van der Waals surface area (Å²) in [5.41, 5.74) is 0. The van der Waals surface area contributed by atoms with Gasteiger partial charge in [0.2, 0.25) is 0 Å². The summed E-state index contributed by atoms with van der Waals surface area (Å²) < 4.78 is 21.7. The normalized spacial score (nSPS) is 20.7. The Kier molecular flexibility index (Phi) is 33.3. The molecular formula is C47H76O11. The van der Waals surface area contributed by atoms with Crippen molar-refractivity contribution >= 4 is 17.9 Å². The third-order valence-electron chi connectivity index (χ3n) is 9.55. The second-order valence-electron chi connectivity index (χ2n) is 14.8. The molecule has 6 unspecified atom stereocenters. The lowest BCUT2D eigenvalue weighted by atomic mass is 9.99. The summed E-state index contributed by atoms with van der Waals surface area (Å²) in [6, 6.07) is 0. The van der Waals surface area contributed by atoms with Gasteiger partial charge in [-0.2, -0.15) is 0 Å². The molecule has 58 heavy (non-hydrogen) atoms. The van der Waals surface area contributed by atoms with E-state index in [0.717, 1.165) is 103 Å². The van der Waals surface area contributed by atoms with Crippen LogP contribution in [0.15, 0.2) is 72.9 Å². The molecule has 6 atom stereocenters. The van der Waals surface area contributed by atoms with Gasteiger partial charge in [-0.3, -0.25) is 9.59 Å². The molecule has 0 saturated carbocycles. The van der Waals surface area contributed by atoms with E-state index in [1.54, 1.807) is 0 Å². The number of ether oxygens (including phenoxy) is 4. The molecule has 0 aliphatic carbocycles. The van der Waals surface area contributed by atoms with Crippen molar-refractivity contribution in [1.29, 1.82) is 0 Å². The van der Waals surface area contributed by atoms with Crippen molar-refractivity contribution in [3.05, 3.63) is 72.9 Å². The Hall–Kier alpha value is -3.35. The van der Waals surface area contributed by atoms with Crippen molar-refractivity contribution in [2.75, 3.05) is 13.2 Å². The first kappa shape index (κ1) is 52.7. The third-order valence-corrected chi connectivity index (χ3v) is 9.55. The maximum atomic E-state index is 12.8. The van der Waals surface area contributed by atoms with E-state index in [-0.39, 0.29) is 19.4 Å². The van der Waals surface area contributed by atoms with Crippen LogP contribution >= 0.6 is 0 Å². The largest absolute Gasteiger partial charge is 0.479 e. The molecule has 0 spiro atoms. The number of allylic oxidation sites excluding steroid dienone is 12. The Balaban J connectivity index is 2.40. The van der Waals surface area contributed by atoms with Gasteiger partial charge in [0.25, 0.3) is 0 Å². The maximum Gasteiger partial charge on any atom is 0.335 e. The van der Waals surface area contributed by atoms with Crippen LogP contribution in [0.5, 0.6) is 0 Å². The average molecular weight is 817 g/mol. The fourth-order valence-corrected chi connectivity index (χ4v) is 6.14. The Morgan fingerprint density at radius 2 is 0.966 bits per heavy atom. The van der Waals surface area contributed by atoms with E-state index < -0.39 is 61.3 Å². The predicted octanol–water partition coefficient (Wildman–Crippen LogP) is 9.31. The van der Waals surface area contributed by atoms with Gasteiger partial charge in [-0.1, -0.05) is 138 Å². The van der Waals surface area contributed by atoms with Crippen LogP contribution in [0.4, 0.5) is 0 Å². The van der Waals surface area contributed by atoms with Gasteiger partial charge in [-0.15, -0.1) is 0 Å². The molecule has 0 bridgehead atoms. The number of aliphatic carboxylic acids is 1. The first-order valence-corrected chi connectivity index (χ1v) is 22.0. The van der Waals surface area contributed by atoms with E-state index in [9.17, 15) is 34.8 Å². The number of carbonyl (C=O) groups excluding carboxylic acids is 2. The molecule has 11 nitrogen and oxygen atoms in total. The molecule has 330 valence electrons. The summed E-state index contributed by atoms with van der Waals surface area (Å²) in [5.74, 6) is -2.49. The summed E-state index contributed by atoms with van der Waals surface area (Å²) in [5, 5.41) is 39.8. The molecule has 0 radical (unpaired) electrons.